The van der Waals surface area contributed by atoms with Gasteiger partial charge in [0.1, 0.15) is 6.10 Å². The van der Waals surface area contributed by atoms with E-state index in [4.69, 9.17) is 14.6 Å². The van der Waals surface area contributed by atoms with Gasteiger partial charge in [-0.3, -0.25) is 0 Å². The highest BCUT2D eigenvalue weighted by Gasteiger charge is 2.07. The summed E-state index contributed by atoms with van der Waals surface area (Å²) in [5.41, 5.74) is 0. The van der Waals surface area contributed by atoms with Gasteiger partial charge in [-0.2, -0.15) is 0 Å². The maximum atomic E-state index is 9.16. The lowest BCUT2D eigenvalue weighted by atomic mass is 10.2. The molecule has 0 heterocycles. The number of aliphatic hydroxyl groups is 1. The lowest BCUT2D eigenvalue weighted by Crippen LogP contribution is -2.24. The van der Waals surface area contributed by atoms with Gasteiger partial charge in [-0.05, 0) is 12.8 Å². The molecule has 0 amide bonds. The number of ether oxygens (including phenoxy) is 2. The number of hydrogen-bond acceptors (Lipinski definition) is 3. The number of rotatable bonds is 14. The van der Waals surface area contributed by atoms with Gasteiger partial charge in [0, 0.05) is 13.2 Å². The Balaban J connectivity index is 3.29. The van der Waals surface area contributed by atoms with Crippen LogP contribution in [0.25, 0.3) is 0 Å². The highest BCUT2D eigenvalue weighted by Crippen LogP contribution is 2.03. The molecular formula is C15H32O3. The van der Waals surface area contributed by atoms with E-state index in [2.05, 4.69) is 13.8 Å². The molecule has 0 aliphatic rings. The molecule has 3 heteroatoms. The second kappa shape index (κ2) is 14.9. The Bertz CT molecular complexity index is 151. The monoisotopic (exact) mass is 260 g/mol. The molecule has 0 aromatic carbocycles. The smallest absolute Gasteiger partial charge is 0.104 e. The van der Waals surface area contributed by atoms with Crippen molar-refractivity contribution < 1.29 is 14.6 Å². The third-order valence-electron chi connectivity index (χ3n) is 3.00. The van der Waals surface area contributed by atoms with Crippen molar-refractivity contribution in [1.82, 2.24) is 0 Å². The fourth-order valence-electron chi connectivity index (χ4n) is 1.78. The molecule has 0 aliphatic heterocycles. The summed E-state index contributed by atoms with van der Waals surface area (Å²) in [7, 11) is 0. The molecule has 0 spiro atoms. The van der Waals surface area contributed by atoms with Crippen LogP contribution in [0.2, 0.25) is 0 Å². The zero-order valence-electron chi connectivity index (χ0n) is 12.3. The van der Waals surface area contributed by atoms with E-state index in [0.717, 1.165) is 26.1 Å². The predicted octanol–water partition coefficient (Wildman–Crippen LogP) is 3.54. The second-order valence-electron chi connectivity index (χ2n) is 4.87. The van der Waals surface area contributed by atoms with Gasteiger partial charge in [0.15, 0.2) is 0 Å². The molecule has 0 fully saturated rings. The summed E-state index contributed by atoms with van der Waals surface area (Å²) in [6.45, 7) is 6.51. The molecule has 0 unspecified atom stereocenters. The van der Waals surface area contributed by atoms with E-state index in [-0.39, 0.29) is 12.7 Å². The lowest BCUT2D eigenvalue weighted by Gasteiger charge is -2.15. The van der Waals surface area contributed by atoms with Crippen molar-refractivity contribution in [2.24, 2.45) is 0 Å². The van der Waals surface area contributed by atoms with Crippen LogP contribution in [0, 0.1) is 0 Å². The lowest BCUT2D eigenvalue weighted by molar-refractivity contribution is -0.0437. The quantitative estimate of drug-likeness (QED) is 0.485. The molecule has 110 valence electrons. The van der Waals surface area contributed by atoms with E-state index in [1.165, 1.54) is 38.5 Å². The molecule has 1 atom stereocenters. The van der Waals surface area contributed by atoms with Crippen LogP contribution in [-0.4, -0.2) is 37.6 Å². The number of aliphatic hydroxyl groups excluding tert-OH is 1. The van der Waals surface area contributed by atoms with E-state index < -0.39 is 0 Å². The Morgan fingerprint density at radius 3 is 2.00 bits per heavy atom. The van der Waals surface area contributed by atoms with E-state index in [9.17, 15) is 0 Å². The fraction of sp³-hybridized carbons (Fsp3) is 1.00. The van der Waals surface area contributed by atoms with Crippen LogP contribution < -0.4 is 0 Å². The molecule has 3 nitrogen and oxygen atoms in total. The van der Waals surface area contributed by atoms with Gasteiger partial charge in [0.2, 0.25) is 0 Å². The molecule has 0 aromatic rings. The van der Waals surface area contributed by atoms with E-state index >= 15 is 0 Å². The van der Waals surface area contributed by atoms with Crippen molar-refractivity contribution in [3.8, 4) is 0 Å². The molecule has 0 aromatic heterocycles. The number of unbranched alkanes of at least 4 members (excludes halogenated alkanes) is 6. The summed E-state index contributed by atoms with van der Waals surface area (Å²) in [4.78, 5) is 0. The molecular weight excluding hydrogens is 228 g/mol. The molecule has 0 rings (SSSR count). The van der Waals surface area contributed by atoms with Gasteiger partial charge < -0.3 is 14.6 Å². The molecule has 0 saturated carbocycles. The molecule has 0 bridgehead atoms. The maximum Gasteiger partial charge on any atom is 0.104 e. The first-order valence-electron chi connectivity index (χ1n) is 7.65. The van der Waals surface area contributed by atoms with Gasteiger partial charge in [0.05, 0.1) is 13.2 Å². The highest BCUT2D eigenvalue weighted by molar-refractivity contribution is 4.54. The predicted molar refractivity (Wildman–Crippen MR) is 75.9 cm³/mol. The molecule has 1 N–H and O–H groups in total. The van der Waals surface area contributed by atoms with Gasteiger partial charge in [0.25, 0.3) is 0 Å². The zero-order valence-corrected chi connectivity index (χ0v) is 12.3. The highest BCUT2D eigenvalue weighted by atomic mass is 16.5. The van der Waals surface area contributed by atoms with E-state index in [0.29, 0.717) is 6.61 Å². The zero-order chi connectivity index (χ0) is 13.5. The molecule has 18 heavy (non-hydrogen) atoms. The third kappa shape index (κ3) is 12.3. The van der Waals surface area contributed by atoms with Crippen molar-refractivity contribution in [2.75, 3.05) is 26.4 Å². The van der Waals surface area contributed by atoms with Gasteiger partial charge in [-0.1, -0.05) is 52.4 Å². The minimum atomic E-state index is -0.141. The average molecular weight is 260 g/mol. The van der Waals surface area contributed by atoms with Crippen molar-refractivity contribution >= 4 is 0 Å². The first-order chi connectivity index (χ1) is 8.85. The van der Waals surface area contributed by atoms with Gasteiger partial charge in [-0.15, -0.1) is 0 Å². The van der Waals surface area contributed by atoms with Crippen molar-refractivity contribution in [2.45, 2.75) is 71.3 Å². The van der Waals surface area contributed by atoms with Gasteiger partial charge >= 0.3 is 0 Å². The molecule has 0 aliphatic carbocycles. The summed E-state index contributed by atoms with van der Waals surface area (Å²) in [6, 6.07) is 0. The minimum Gasteiger partial charge on any atom is -0.394 e. The summed E-state index contributed by atoms with van der Waals surface area (Å²) in [5.74, 6) is 0. The van der Waals surface area contributed by atoms with Gasteiger partial charge in [-0.25, -0.2) is 0 Å². The largest absolute Gasteiger partial charge is 0.394 e. The van der Waals surface area contributed by atoms with Crippen LogP contribution in [-0.2, 0) is 9.47 Å². The second-order valence-corrected chi connectivity index (χ2v) is 4.87. The van der Waals surface area contributed by atoms with E-state index in [1.807, 2.05) is 0 Å². The van der Waals surface area contributed by atoms with Crippen LogP contribution >= 0.6 is 0 Å². The molecule has 0 radical (unpaired) electrons. The summed E-state index contributed by atoms with van der Waals surface area (Å²) in [6.07, 6.45) is 9.54. The SMILES string of the molecule is CCCCCCOC[C@@H](CO)OCCCCCC. The Kier molecular flexibility index (Phi) is 14.8. The molecule has 0 saturated heterocycles. The Morgan fingerprint density at radius 2 is 1.44 bits per heavy atom. The Morgan fingerprint density at radius 1 is 0.833 bits per heavy atom. The van der Waals surface area contributed by atoms with Crippen LogP contribution in [0.1, 0.15) is 65.2 Å². The Hall–Kier alpha value is -0.120. The van der Waals surface area contributed by atoms with Crippen LogP contribution in [0.4, 0.5) is 0 Å². The van der Waals surface area contributed by atoms with Crippen molar-refractivity contribution in [3.63, 3.8) is 0 Å². The maximum absolute atomic E-state index is 9.16. The Labute approximate surface area is 113 Å². The summed E-state index contributed by atoms with van der Waals surface area (Å²) in [5, 5.41) is 9.16. The average Bonchev–Trinajstić information content (AvgIpc) is 2.40. The topological polar surface area (TPSA) is 38.7 Å². The van der Waals surface area contributed by atoms with Crippen LogP contribution in [0.15, 0.2) is 0 Å². The minimum absolute atomic E-state index is 0.0583. The third-order valence-corrected chi connectivity index (χ3v) is 3.00. The summed E-state index contributed by atoms with van der Waals surface area (Å²) >= 11 is 0. The fourth-order valence-corrected chi connectivity index (χ4v) is 1.78. The van der Waals surface area contributed by atoms with Crippen molar-refractivity contribution in [1.29, 1.82) is 0 Å². The van der Waals surface area contributed by atoms with Crippen LogP contribution in [0.5, 0.6) is 0 Å². The van der Waals surface area contributed by atoms with Crippen LogP contribution in [0.3, 0.4) is 0 Å². The van der Waals surface area contributed by atoms with E-state index in [1.54, 1.807) is 0 Å². The first-order valence-corrected chi connectivity index (χ1v) is 7.65. The number of hydrogen-bond donors (Lipinski definition) is 1. The first kappa shape index (κ1) is 17.9. The summed E-state index contributed by atoms with van der Waals surface area (Å²) < 4.78 is 11.1. The van der Waals surface area contributed by atoms with Crippen molar-refractivity contribution in [3.05, 3.63) is 0 Å². The normalized spacial score (nSPS) is 12.8. The standard InChI is InChI=1S/C15H32O3/c1-3-5-7-9-11-17-14-15(13-16)18-12-10-8-6-4-2/h15-16H,3-14H2,1-2H3/t15-/m1/s1.